The van der Waals surface area contributed by atoms with E-state index >= 15 is 0 Å². The van der Waals surface area contributed by atoms with Gasteiger partial charge in [0.05, 0.1) is 7.11 Å². The predicted octanol–water partition coefficient (Wildman–Crippen LogP) is 2.53. The smallest absolute Gasteiger partial charge is 0.121 e. The Morgan fingerprint density at radius 1 is 1.30 bits per heavy atom. The maximum Gasteiger partial charge on any atom is 0.121 e. The molecular formula is C19H32N2O2. The number of hydrogen-bond acceptors (Lipinski definition) is 4. The van der Waals surface area contributed by atoms with Crippen molar-refractivity contribution in [2.24, 2.45) is 5.92 Å². The third kappa shape index (κ3) is 5.20. The number of piperazine rings is 1. The van der Waals surface area contributed by atoms with Crippen molar-refractivity contribution in [3.8, 4) is 5.75 Å². The molecule has 1 N–H and O–H groups in total. The van der Waals surface area contributed by atoms with E-state index in [1.807, 2.05) is 0 Å². The van der Waals surface area contributed by atoms with E-state index in [9.17, 15) is 5.11 Å². The van der Waals surface area contributed by atoms with Crippen LogP contribution in [0.1, 0.15) is 31.4 Å². The fraction of sp³-hybridized carbons (Fsp3) is 0.684. The molecule has 1 aromatic carbocycles. The molecule has 130 valence electrons. The van der Waals surface area contributed by atoms with Crippen molar-refractivity contribution in [1.29, 1.82) is 0 Å². The molecular weight excluding hydrogens is 288 g/mol. The highest BCUT2D eigenvalue weighted by Gasteiger charge is 2.26. The van der Waals surface area contributed by atoms with Gasteiger partial charge in [-0.15, -0.1) is 0 Å². The van der Waals surface area contributed by atoms with Crippen LogP contribution < -0.4 is 4.74 Å². The molecule has 0 unspecified atom stereocenters. The van der Waals surface area contributed by atoms with Crippen molar-refractivity contribution in [3.63, 3.8) is 0 Å². The summed E-state index contributed by atoms with van der Waals surface area (Å²) in [6, 6.07) is 6.87. The molecule has 23 heavy (non-hydrogen) atoms. The number of aliphatic hydroxyl groups is 1. The highest BCUT2D eigenvalue weighted by molar-refractivity contribution is 5.36. The topological polar surface area (TPSA) is 35.9 Å². The summed E-state index contributed by atoms with van der Waals surface area (Å²) in [5.74, 6) is 1.64. The van der Waals surface area contributed by atoms with Gasteiger partial charge in [0.25, 0.3) is 0 Å². The Hall–Kier alpha value is -1.10. The molecule has 1 aliphatic rings. The fourth-order valence-electron chi connectivity index (χ4n) is 3.54. The predicted molar refractivity (Wildman–Crippen MR) is 94.9 cm³/mol. The van der Waals surface area contributed by atoms with Crippen LogP contribution in [0.15, 0.2) is 18.2 Å². The summed E-state index contributed by atoms with van der Waals surface area (Å²) in [4.78, 5) is 5.06. The van der Waals surface area contributed by atoms with Crippen LogP contribution in [0.25, 0.3) is 0 Å². The maximum atomic E-state index is 9.42. The van der Waals surface area contributed by atoms with E-state index < -0.39 is 0 Å². The van der Waals surface area contributed by atoms with Gasteiger partial charge in [0, 0.05) is 45.4 Å². The SMILES string of the molecule is COc1ccc(CN2CCN(CC(C)C)C[C@H]2CCO)cc1C. The monoisotopic (exact) mass is 320 g/mol. The second-order valence-electron chi connectivity index (χ2n) is 7.09. The number of rotatable bonds is 7. The quantitative estimate of drug-likeness (QED) is 0.837. The van der Waals surface area contributed by atoms with Crippen LogP contribution >= 0.6 is 0 Å². The number of hydrogen-bond donors (Lipinski definition) is 1. The van der Waals surface area contributed by atoms with Crippen LogP contribution in [0.4, 0.5) is 0 Å². The molecule has 4 nitrogen and oxygen atoms in total. The van der Waals surface area contributed by atoms with Crippen LogP contribution in [0.5, 0.6) is 5.75 Å². The number of nitrogens with zero attached hydrogens (tertiary/aromatic N) is 2. The summed E-state index contributed by atoms with van der Waals surface area (Å²) in [6.07, 6.45) is 0.851. The molecule has 2 rings (SSSR count). The first-order valence-corrected chi connectivity index (χ1v) is 8.74. The van der Waals surface area contributed by atoms with Gasteiger partial charge in [0.15, 0.2) is 0 Å². The number of ether oxygens (including phenoxy) is 1. The standard InChI is InChI=1S/C19H32N2O2/c1-15(2)12-20-8-9-21(18(14-20)7-10-22)13-17-5-6-19(23-4)16(3)11-17/h5-6,11,15,18,22H,7-10,12-14H2,1-4H3/t18-/m1/s1. The second kappa shape index (κ2) is 8.67. The van der Waals surface area contributed by atoms with Crippen molar-refractivity contribution >= 4 is 0 Å². The summed E-state index contributed by atoms with van der Waals surface area (Å²) in [6.45, 7) is 12.3. The van der Waals surface area contributed by atoms with Crippen LogP contribution in [0.3, 0.4) is 0 Å². The van der Waals surface area contributed by atoms with Gasteiger partial charge in [0.1, 0.15) is 5.75 Å². The zero-order valence-electron chi connectivity index (χ0n) is 15.1. The van der Waals surface area contributed by atoms with Gasteiger partial charge in [-0.1, -0.05) is 26.0 Å². The molecule has 1 aromatic rings. The van der Waals surface area contributed by atoms with E-state index in [0.717, 1.165) is 44.9 Å². The third-order valence-electron chi connectivity index (χ3n) is 4.62. The van der Waals surface area contributed by atoms with Crippen molar-refractivity contribution in [2.75, 3.05) is 39.9 Å². The van der Waals surface area contributed by atoms with Crippen molar-refractivity contribution < 1.29 is 9.84 Å². The number of aryl methyl sites for hydroxylation is 1. The molecule has 1 saturated heterocycles. The lowest BCUT2D eigenvalue weighted by Crippen LogP contribution is -2.53. The number of aliphatic hydroxyl groups excluding tert-OH is 1. The average Bonchev–Trinajstić information content (AvgIpc) is 2.50. The van der Waals surface area contributed by atoms with Gasteiger partial charge in [0.2, 0.25) is 0 Å². The fourth-order valence-corrected chi connectivity index (χ4v) is 3.54. The van der Waals surface area contributed by atoms with Gasteiger partial charge in [-0.25, -0.2) is 0 Å². The molecule has 0 amide bonds. The molecule has 0 aliphatic carbocycles. The minimum atomic E-state index is 0.262. The first-order chi connectivity index (χ1) is 11.0. The summed E-state index contributed by atoms with van der Waals surface area (Å²) in [5, 5.41) is 9.42. The van der Waals surface area contributed by atoms with E-state index in [1.165, 1.54) is 11.1 Å². The molecule has 4 heteroatoms. The average molecular weight is 320 g/mol. The molecule has 1 fully saturated rings. The summed E-state index contributed by atoms with van der Waals surface area (Å²) in [7, 11) is 1.72. The zero-order valence-corrected chi connectivity index (χ0v) is 15.1. The van der Waals surface area contributed by atoms with Crippen LogP contribution in [0.2, 0.25) is 0 Å². The van der Waals surface area contributed by atoms with Crippen molar-refractivity contribution in [3.05, 3.63) is 29.3 Å². The Kier molecular flexibility index (Phi) is 6.88. The molecule has 0 spiro atoms. The molecule has 0 aromatic heterocycles. The summed E-state index contributed by atoms with van der Waals surface area (Å²) >= 11 is 0. The van der Waals surface area contributed by atoms with Gasteiger partial charge in [-0.3, -0.25) is 4.90 Å². The lowest BCUT2D eigenvalue weighted by Gasteiger charge is -2.42. The van der Waals surface area contributed by atoms with Gasteiger partial charge in [-0.2, -0.15) is 0 Å². The van der Waals surface area contributed by atoms with Gasteiger partial charge in [-0.05, 0) is 36.5 Å². The Bertz CT molecular complexity index is 490. The minimum absolute atomic E-state index is 0.262. The molecule has 0 bridgehead atoms. The maximum absolute atomic E-state index is 9.42. The molecule has 0 saturated carbocycles. The first kappa shape index (κ1) is 18.2. The Labute approximate surface area is 141 Å². The first-order valence-electron chi connectivity index (χ1n) is 8.74. The van der Waals surface area contributed by atoms with E-state index in [1.54, 1.807) is 7.11 Å². The lowest BCUT2D eigenvalue weighted by molar-refractivity contribution is 0.0483. The van der Waals surface area contributed by atoms with E-state index in [2.05, 4.69) is 48.8 Å². The number of benzene rings is 1. The van der Waals surface area contributed by atoms with Crippen LogP contribution in [0, 0.1) is 12.8 Å². The Balaban J connectivity index is 2.01. The molecule has 0 radical (unpaired) electrons. The summed E-state index contributed by atoms with van der Waals surface area (Å²) in [5.41, 5.74) is 2.51. The zero-order chi connectivity index (χ0) is 16.8. The van der Waals surface area contributed by atoms with Crippen LogP contribution in [-0.4, -0.2) is 60.8 Å². The lowest BCUT2D eigenvalue weighted by atomic mass is 10.0. The molecule has 1 atom stereocenters. The Morgan fingerprint density at radius 2 is 2.09 bits per heavy atom. The molecule has 1 aliphatic heterocycles. The third-order valence-corrected chi connectivity index (χ3v) is 4.62. The summed E-state index contributed by atoms with van der Waals surface area (Å²) < 4.78 is 5.35. The highest BCUT2D eigenvalue weighted by atomic mass is 16.5. The van der Waals surface area contributed by atoms with Crippen molar-refractivity contribution in [2.45, 2.75) is 39.8 Å². The van der Waals surface area contributed by atoms with Gasteiger partial charge >= 0.3 is 0 Å². The highest BCUT2D eigenvalue weighted by Crippen LogP contribution is 2.22. The molecule has 1 heterocycles. The second-order valence-corrected chi connectivity index (χ2v) is 7.09. The largest absolute Gasteiger partial charge is 0.496 e. The van der Waals surface area contributed by atoms with Crippen molar-refractivity contribution in [1.82, 2.24) is 9.80 Å². The van der Waals surface area contributed by atoms with Gasteiger partial charge < -0.3 is 14.7 Å². The normalized spacial score (nSPS) is 20.2. The minimum Gasteiger partial charge on any atom is -0.496 e. The van der Waals surface area contributed by atoms with E-state index in [-0.39, 0.29) is 6.61 Å². The van der Waals surface area contributed by atoms with E-state index in [4.69, 9.17) is 4.74 Å². The van der Waals surface area contributed by atoms with Crippen LogP contribution in [-0.2, 0) is 6.54 Å². The number of methoxy groups -OCH3 is 1. The Morgan fingerprint density at radius 3 is 2.70 bits per heavy atom. The van der Waals surface area contributed by atoms with E-state index in [0.29, 0.717) is 12.0 Å².